The molecule has 2 aromatic rings. The zero-order valence-corrected chi connectivity index (χ0v) is 24.3. The summed E-state index contributed by atoms with van der Waals surface area (Å²) in [6, 6.07) is 7.00. The lowest BCUT2D eigenvalue weighted by atomic mass is 9.81. The summed E-state index contributed by atoms with van der Waals surface area (Å²) in [5, 5.41) is 9.26. The summed E-state index contributed by atoms with van der Waals surface area (Å²) in [5.74, 6) is -2.60. The Morgan fingerprint density at radius 2 is 1.48 bits per heavy atom. The maximum atomic E-state index is 14.7. The Balaban J connectivity index is 1.78. The van der Waals surface area contributed by atoms with Gasteiger partial charge in [0, 0.05) is 30.6 Å². The van der Waals surface area contributed by atoms with Crippen LogP contribution in [0.4, 0.5) is 30.7 Å². The quantitative estimate of drug-likeness (QED) is 0.366. The molecule has 0 radical (unpaired) electrons. The largest absolute Gasteiger partial charge is 0.481 e. The van der Waals surface area contributed by atoms with Gasteiger partial charge in [0.1, 0.15) is 4.75 Å². The lowest BCUT2D eigenvalue weighted by molar-refractivity contribution is -0.348. The van der Waals surface area contributed by atoms with E-state index in [1.165, 1.54) is 23.1 Å². The number of nitrogens with zero attached hydrogens (tertiary/aromatic N) is 1. The lowest BCUT2D eigenvalue weighted by Crippen LogP contribution is -2.50. The maximum absolute atomic E-state index is 14.7. The van der Waals surface area contributed by atoms with E-state index in [9.17, 15) is 53.8 Å². The summed E-state index contributed by atoms with van der Waals surface area (Å²) in [4.78, 5) is 25.8. The van der Waals surface area contributed by atoms with E-state index in [4.69, 9.17) is 5.73 Å². The van der Waals surface area contributed by atoms with Crippen LogP contribution in [0, 0.1) is 11.8 Å². The number of nitrogens with two attached hydrogens (primary N) is 1. The SMILES string of the molecule is CC(N)c1cccc(S(=O)(=O)C2(c3ccc(C(F)(C(F)(F)F)C(F)(F)F)cc3)CCN(C(=O)C3CCC(C(=O)O)CC3)C2)c1. The maximum Gasteiger partial charge on any atom is 0.435 e. The molecule has 4 rings (SSSR count). The number of hydrogen-bond acceptors (Lipinski definition) is 5. The van der Waals surface area contributed by atoms with Crippen LogP contribution in [-0.4, -0.2) is 55.7 Å². The number of alkyl halides is 7. The number of carboxylic acid groups (broad SMARTS) is 1. The minimum absolute atomic E-state index is 0.107. The van der Waals surface area contributed by atoms with E-state index in [2.05, 4.69) is 0 Å². The number of benzene rings is 2. The Bertz CT molecular complexity index is 1490. The third-order valence-electron chi connectivity index (χ3n) is 8.77. The minimum atomic E-state index is -6.36. The molecule has 0 aromatic heterocycles. The predicted molar refractivity (Wildman–Crippen MR) is 144 cm³/mol. The Kier molecular flexibility index (Phi) is 8.90. The van der Waals surface area contributed by atoms with E-state index in [0.717, 1.165) is 12.1 Å². The summed E-state index contributed by atoms with van der Waals surface area (Å²) in [5.41, 5.74) is -1.33. The second kappa shape index (κ2) is 11.6. The molecule has 0 spiro atoms. The molecule has 0 bridgehead atoms. The zero-order valence-electron chi connectivity index (χ0n) is 23.5. The highest BCUT2D eigenvalue weighted by Gasteiger charge is 2.73. The van der Waals surface area contributed by atoms with Gasteiger partial charge in [0.2, 0.25) is 5.91 Å². The smallest absolute Gasteiger partial charge is 0.435 e. The van der Waals surface area contributed by atoms with Gasteiger partial charge in [-0.3, -0.25) is 9.59 Å². The van der Waals surface area contributed by atoms with Crippen LogP contribution in [0.15, 0.2) is 53.4 Å². The number of amides is 1. The molecule has 2 unspecified atom stereocenters. The molecule has 3 N–H and O–H groups in total. The molecule has 242 valence electrons. The monoisotopic (exact) mass is 652 g/mol. The van der Waals surface area contributed by atoms with Crippen LogP contribution in [0.1, 0.15) is 61.8 Å². The zero-order chi connectivity index (χ0) is 32.9. The highest BCUT2D eigenvalue weighted by atomic mass is 32.2. The van der Waals surface area contributed by atoms with Gasteiger partial charge in [-0.2, -0.15) is 26.3 Å². The normalized spacial score (nSPS) is 24.2. The Hall–Kier alpha value is -3.20. The van der Waals surface area contributed by atoms with Gasteiger partial charge in [-0.15, -0.1) is 0 Å². The standard InChI is InChI=1S/C29H31F7N2O5S/c1-17(37)20-3-2-4-23(15-20)44(42,43)26(13-14-38(16-26)24(39)18-5-7-19(8-6-18)25(40)41)21-9-11-22(12-10-21)27(30,28(31,32)33)29(34,35)36/h2-4,9-12,15,17-19H,5-8,13-14,16,37H2,1H3,(H,40,41). The molecule has 1 heterocycles. The first-order valence-electron chi connectivity index (χ1n) is 13.8. The van der Waals surface area contributed by atoms with Gasteiger partial charge in [-0.1, -0.05) is 36.4 Å². The van der Waals surface area contributed by atoms with Gasteiger partial charge in [0.15, 0.2) is 9.84 Å². The third-order valence-corrected chi connectivity index (χ3v) is 11.2. The highest BCUT2D eigenvalue weighted by Crippen LogP contribution is 2.54. The Labute approximate surface area is 249 Å². The summed E-state index contributed by atoms with van der Waals surface area (Å²) < 4.78 is 122. The molecule has 2 aromatic carbocycles. The second-order valence-electron chi connectivity index (χ2n) is 11.5. The van der Waals surface area contributed by atoms with Gasteiger partial charge in [0.05, 0.1) is 10.8 Å². The molecule has 2 aliphatic rings. The summed E-state index contributed by atoms with van der Waals surface area (Å²) >= 11 is 0. The summed E-state index contributed by atoms with van der Waals surface area (Å²) in [6.07, 6.45) is -12.0. The molecule has 2 atom stereocenters. The van der Waals surface area contributed by atoms with Crippen molar-refractivity contribution in [1.29, 1.82) is 0 Å². The molecule has 1 aliphatic carbocycles. The molecular formula is C29H31F7N2O5S. The van der Waals surface area contributed by atoms with Crippen molar-refractivity contribution in [2.45, 2.75) is 72.7 Å². The number of aliphatic carboxylic acids is 1. The molecular weight excluding hydrogens is 621 g/mol. The van der Waals surface area contributed by atoms with Crippen LogP contribution in [0.3, 0.4) is 0 Å². The van der Waals surface area contributed by atoms with Gasteiger partial charge >= 0.3 is 24.0 Å². The summed E-state index contributed by atoms with van der Waals surface area (Å²) in [7, 11) is -4.50. The number of rotatable bonds is 7. The molecule has 2 fully saturated rings. The first-order valence-corrected chi connectivity index (χ1v) is 15.3. The van der Waals surface area contributed by atoms with Crippen molar-refractivity contribution < 1.29 is 53.8 Å². The number of carbonyl (C=O) groups is 2. The Morgan fingerprint density at radius 3 is 1.98 bits per heavy atom. The van der Waals surface area contributed by atoms with Crippen molar-refractivity contribution in [3.05, 3.63) is 65.2 Å². The van der Waals surface area contributed by atoms with E-state index in [1.54, 1.807) is 13.0 Å². The van der Waals surface area contributed by atoms with Crippen molar-refractivity contribution in [2.24, 2.45) is 17.6 Å². The number of carboxylic acids is 1. The number of halogens is 7. The second-order valence-corrected chi connectivity index (χ2v) is 13.7. The average Bonchev–Trinajstić information content (AvgIpc) is 3.43. The third kappa shape index (κ3) is 5.68. The van der Waals surface area contributed by atoms with E-state index in [-0.39, 0.29) is 61.2 Å². The number of likely N-dealkylation sites (tertiary alicyclic amines) is 1. The van der Waals surface area contributed by atoms with Crippen LogP contribution >= 0.6 is 0 Å². The fourth-order valence-corrected chi connectivity index (χ4v) is 8.24. The molecule has 44 heavy (non-hydrogen) atoms. The van der Waals surface area contributed by atoms with Crippen LogP contribution in [0.2, 0.25) is 0 Å². The van der Waals surface area contributed by atoms with Crippen LogP contribution in [-0.2, 0) is 29.8 Å². The van der Waals surface area contributed by atoms with Crippen LogP contribution in [0.5, 0.6) is 0 Å². The topological polar surface area (TPSA) is 118 Å². The minimum Gasteiger partial charge on any atom is -0.481 e. The highest BCUT2D eigenvalue weighted by molar-refractivity contribution is 7.92. The average molecular weight is 653 g/mol. The fourth-order valence-electron chi connectivity index (χ4n) is 6.11. The molecule has 1 amide bonds. The Morgan fingerprint density at radius 1 is 0.932 bits per heavy atom. The first-order chi connectivity index (χ1) is 20.3. The summed E-state index contributed by atoms with van der Waals surface area (Å²) in [6.45, 7) is 1.03. The van der Waals surface area contributed by atoms with E-state index in [0.29, 0.717) is 5.56 Å². The molecule has 1 aliphatic heterocycles. The number of hydrogen-bond donors (Lipinski definition) is 2. The predicted octanol–water partition coefficient (Wildman–Crippen LogP) is 5.79. The van der Waals surface area contributed by atoms with Crippen molar-refractivity contribution in [3.63, 3.8) is 0 Å². The fraction of sp³-hybridized carbons (Fsp3) is 0.517. The molecule has 1 saturated heterocycles. The molecule has 1 saturated carbocycles. The van der Waals surface area contributed by atoms with Crippen molar-refractivity contribution in [3.8, 4) is 0 Å². The van der Waals surface area contributed by atoms with Gasteiger partial charge in [-0.25, -0.2) is 12.8 Å². The lowest BCUT2D eigenvalue weighted by Gasteiger charge is -2.33. The first kappa shape index (κ1) is 33.7. The van der Waals surface area contributed by atoms with E-state index >= 15 is 0 Å². The van der Waals surface area contributed by atoms with Gasteiger partial charge in [0.25, 0.3) is 0 Å². The van der Waals surface area contributed by atoms with Crippen molar-refractivity contribution in [1.82, 2.24) is 4.90 Å². The van der Waals surface area contributed by atoms with Crippen LogP contribution in [0.25, 0.3) is 0 Å². The van der Waals surface area contributed by atoms with Gasteiger partial charge in [-0.05, 0) is 62.3 Å². The van der Waals surface area contributed by atoms with Crippen molar-refractivity contribution >= 4 is 21.7 Å². The molecule has 7 nitrogen and oxygen atoms in total. The van der Waals surface area contributed by atoms with Crippen molar-refractivity contribution in [2.75, 3.05) is 13.1 Å². The van der Waals surface area contributed by atoms with E-state index < -0.39 is 74.5 Å². The van der Waals surface area contributed by atoms with Crippen LogP contribution < -0.4 is 5.73 Å². The molecule has 15 heteroatoms. The van der Waals surface area contributed by atoms with E-state index in [1.807, 2.05) is 0 Å². The number of carbonyl (C=O) groups excluding carboxylic acids is 1. The van der Waals surface area contributed by atoms with Gasteiger partial charge < -0.3 is 15.7 Å². The number of sulfone groups is 1.